The quantitative estimate of drug-likeness (QED) is 0.121. The maximum atomic E-state index is 3.84. The number of fused-ring (bicyclic) bond motifs is 1. The number of allylic oxidation sites excluding steroid dienone is 11. The molecule has 2 aliphatic rings. The van der Waals surface area contributed by atoms with Gasteiger partial charge in [-0.25, -0.2) is 0 Å². The van der Waals surface area contributed by atoms with Crippen LogP contribution < -0.4 is 9.80 Å². The first-order valence-electron chi connectivity index (χ1n) is 20.8. The lowest BCUT2D eigenvalue weighted by molar-refractivity contribution is 0.529. The zero-order chi connectivity index (χ0) is 40.4. The van der Waals surface area contributed by atoms with Gasteiger partial charge in [-0.2, -0.15) is 0 Å². The Balaban J connectivity index is 1.07. The second-order valence-electron chi connectivity index (χ2n) is 15.9. The Morgan fingerprint density at radius 1 is 0.610 bits per heavy atom. The molecule has 8 rings (SSSR count). The van der Waals surface area contributed by atoms with Crippen molar-refractivity contribution in [3.63, 3.8) is 0 Å². The normalized spacial score (nSPS) is 17.3. The molecule has 0 saturated heterocycles. The molecule has 59 heavy (non-hydrogen) atoms. The molecule has 0 radical (unpaired) electrons. The maximum Gasteiger partial charge on any atom is 0.0533 e. The fourth-order valence-corrected chi connectivity index (χ4v) is 8.26. The zero-order valence-electron chi connectivity index (χ0n) is 34.2. The van der Waals surface area contributed by atoms with Gasteiger partial charge in [0.2, 0.25) is 0 Å². The molecule has 1 atom stereocenters. The highest BCUT2D eigenvalue weighted by Gasteiger charge is 2.24. The summed E-state index contributed by atoms with van der Waals surface area (Å²) in [6.07, 6.45) is 28.7. The lowest BCUT2D eigenvalue weighted by Crippen LogP contribution is -2.20. The Labute approximate surface area is 351 Å². The molecular weight excluding hydrogens is 713 g/mol. The molecular formula is C57H52N2. The Morgan fingerprint density at radius 2 is 1.27 bits per heavy atom. The van der Waals surface area contributed by atoms with Gasteiger partial charge in [-0.05, 0) is 113 Å². The van der Waals surface area contributed by atoms with Gasteiger partial charge >= 0.3 is 0 Å². The Hall–Kier alpha value is -6.90. The van der Waals surface area contributed by atoms with E-state index in [1.807, 2.05) is 12.2 Å². The van der Waals surface area contributed by atoms with E-state index in [9.17, 15) is 0 Å². The molecule has 0 N–H and O–H groups in total. The van der Waals surface area contributed by atoms with Crippen molar-refractivity contribution in [1.29, 1.82) is 0 Å². The predicted molar refractivity (Wildman–Crippen MR) is 254 cm³/mol. The number of rotatable bonds is 11. The van der Waals surface area contributed by atoms with Crippen LogP contribution in [-0.4, -0.2) is 0 Å². The van der Waals surface area contributed by atoms with Gasteiger partial charge in [0.1, 0.15) is 0 Å². The van der Waals surface area contributed by atoms with E-state index in [1.165, 1.54) is 33.5 Å². The van der Waals surface area contributed by atoms with Gasteiger partial charge in [-0.15, -0.1) is 0 Å². The summed E-state index contributed by atoms with van der Waals surface area (Å²) >= 11 is 0. The highest BCUT2D eigenvalue weighted by Crippen LogP contribution is 2.39. The second kappa shape index (κ2) is 18.1. The minimum Gasteiger partial charge on any atom is -0.317 e. The van der Waals surface area contributed by atoms with E-state index >= 15 is 0 Å². The van der Waals surface area contributed by atoms with Crippen LogP contribution in [0.15, 0.2) is 237 Å². The first-order chi connectivity index (χ1) is 29.0. The minimum absolute atomic E-state index is 0.0143. The van der Waals surface area contributed by atoms with Gasteiger partial charge in [-0.3, -0.25) is 0 Å². The van der Waals surface area contributed by atoms with E-state index in [4.69, 9.17) is 0 Å². The molecule has 6 aromatic rings. The standard InChI is InChI=1S/C57H52N2/c1-4-5-6-17-43-58(50-37-33-46(34-38-50)44-19-9-7-10-20-44)56-28-16-14-26-54(56)48-31-29-45(30-32-48)47-35-39-53(40-36-47)59(51-23-11-8-12-24-51)52-25-18-22-49-21-13-15-27-55(49)57(2,3)42-41-52/h4-19,21,23-41,43-44H,1,20,22,42H2,2-3H3/b6-5-,25-18-,43-17+,52-41+. The van der Waals surface area contributed by atoms with Crippen LogP contribution in [0.3, 0.4) is 0 Å². The molecule has 0 bridgehead atoms. The molecule has 0 spiro atoms. The molecule has 0 aromatic heterocycles. The van der Waals surface area contributed by atoms with Crippen LogP contribution in [0.25, 0.3) is 22.3 Å². The molecule has 0 saturated carbocycles. The van der Waals surface area contributed by atoms with Gasteiger partial charge in [0.25, 0.3) is 0 Å². The van der Waals surface area contributed by atoms with Crippen LogP contribution in [0.2, 0.25) is 0 Å². The van der Waals surface area contributed by atoms with Gasteiger partial charge in [0.15, 0.2) is 0 Å². The van der Waals surface area contributed by atoms with Crippen molar-refractivity contribution in [2.75, 3.05) is 9.80 Å². The monoisotopic (exact) mass is 764 g/mol. The van der Waals surface area contributed by atoms with Crippen molar-refractivity contribution in [3.8, 4) is 22.3 Å². The summed E-state index contributed by atoms with van der Waals surface area (Å²) in [6.45, 7) is 8.56. The highest BCUT2D eigenvalue weighted by molar-refractivity contribution is 5.85. The first kappa shape index (κ1) is 38.9. The van der Waals surface area contributed by atoms with Crippen LogP contribution in [-0.2, 0) is 11.8 Å². The lowest BCUT2D eigenvalue weighted by atomic mass is 9.78. The maximum absolute atomic E-state index is 3.84. The summed E-state index contributed by atoms with van der Waals surface area (Å²) in [7, 11) is 0. The van der Waals surface area contributed by atoms with Crippen molar-refractivity contribution in [1.82, 2.24) is 0 Å². The summed E-state index contributed by atoms with van der Waals surface area (Å²) in [4.78, 5) is 4.66. The van der Waals surface area contributed by atoms with Crippen LogP contribution in [0.1, 0.15) is 49.3 Å². The SMILES string of the molecule is C=C/C=C\C=C\N(c1ccc(C2C=CC=CC2)cc1)c1ccccc1-c1ccc(-c2ccc(N(C3=C/CC(C)(C)c4ccccc4C/C=C\3)c3ccccc3)cc2)cc1. The molecule has 0 heterocycles. The minimum atomic E-state index is 0.0143. The fourth-order valence-electron chi connectivity index (χ4n) is 8.26. The molecule has 290 valence electrons. The molecule has 0 aliphatic heterocycles. The van der Waals surface area contributed by atoms with E-state index in [2.05, 4.69) is 237 Å². The number of para-hydroxylation sites is 2. The third kappa shape index (κ3) is 8.98. The molecule has 6 aromatic carbocycles. The summed E-state index contributed by atoms with van der Waals surface area (Å²) in [5, 5.41) is 0. The number of anilines is 4. The van der Waals surface area contributed by atoms with E-state index in [1.54, 1.807) is 6.08 Å². The lowest BCUT2D eigenvalue weighted by Gasteiger charge is -2.29. The van der Waals surface area contributed by atoms with Crippen molar-refractivity contribution in [2.24, 2.45) is 0 Å². The fraction of sp³-hybridized carbons (Fsp3) is 0.123. The molecule has 2 heteroatoms. The van der Waals surface area contributed by atoms with Crippen molar-refractivity contribution >= 4 is 22.7 Å². The summed E-state index contributed by atoms with van der Waals surface area (Å²) < 4.78 is 0. The van der Waals surface area contributed by atoms with E-state index in [0.717, 1.165) is 53.1 Å². The number of hydrogen-bond acceptors (Lipinski definition) is 2. The Morgan fingerprint density at radius 3 is 2.02 bits per heavy atom. The van der Waals surface area contributed by atoms with Gasteiger partial charge < -0.3 is 9.80 Å². The van der Waals surface area contributed by atoms with Crippen LogP contribution in [0.5, 0.6) is 0 Å². The number of benzene rings is 6. The molecule has 2 nitrogen and oxygen atoms in total. The third-order valence-corrected chi connectivity index (χ3v) is 11.5. The van der Waals surface area contributed by atoms with Gasteiger partial charge in [0.05, 0.1) is 5.69 Å². The van der Waals surface area contributed by atoms with Crippen LogP contribution in [0.4, 0.5) is 22.7 Å². The van der Waals surface area contributed by atoms with Crippen molar-refractivity contribution < 1.29 is 0 Å². The Bertz CT molecular complexity index is 2540. The van der Waals surface area contributed by atoms with Crippen molar-refractivity contribution in [3.05, 3.63) is 254 Å². The first-order valence-corrected chi connectivity index (χ1v) is 20.8. The Kier molecular flexibility index (Phi) is 12.0. The van der Waals surface area contributed by atoms with Crippen molar-refractivity contribution in [2.45, 2.75) is 44.4 Å². The summed E-state index contributed by atoms with van der Waals surface area (Å²) in [6, 6.07) is 55.2. The average molecular weight is 765 g/mol. The van der Waals surface area contributed by atoms with Gasteiger partial charge in [0, 0.05) is 40.4 Å². The largest absolute Gasteiger partial charge is 0.317 e. The number of nitrogens with zero attached hydrogens (tertiary/aromatic N) is 2. The molecule has 0 fully saturated rings. The van der Waals surface area contributed by atoms with E-state index < -0.39 is 0 Å². The smallest absolute Gasteiger partial charge is 0.0533 e. The highest BCUT2D eigenvalue weighted by atomic mass is 15.1. The molecule has 2 aliphatic carbocycles. The van der Waals surface area contributed by atoms with Crippen LogP contribution >= 0.6 is 0 Å². The van der Waals surface area contributed by atoms with Crippen LogP contribution in [0, 0.1) is 0 Å². The van der Waals surface area contributed by atoms with E-state index in [0.29, 0.717) is 5.92 Å². The predicted octanol–water partition coefficient (Wildman–Crippen LogP) is 15.5. The second-order valence-corrected chi connectivity index (χ2v) is 15.9. The molecule has 1 unspecified atom stereocenters. The summed E-state index contributed by atoms with van der Waals surface area (Å²) in [5.74, 6) is 0.412. The average Bonchev–Trinajstić information content (AvgIpc) is 3.35. The third-order valence-electron chi connectivity index (χ3n) is 11.5. The summed E-state index contributed by atoms with van der Waals surface area (Å²) in [5.41, 5.74) is 14.5. The number of hydrogen-bond donors (Lipinski definition) is 0. The molecule has 0 amide bonds. The topological polar surface area (TPSA) is 6.48 Å². The van der Waals surface area contributed by atoms with E-state index in [-0.39, 0.29) is 5.41 Å². The zero-order valence-corrected chi connectivity index (χ0v) is 34.2. The van der Waals surface area contributed by atoms with Gasteiger partial charge in [-0.1, -0.05) is 184 Å².